The summed E-state index contributed by atoms with van der Waals surface area (Å²) in [7, 11) is 0. The van der Waals surface area contributed by atoms with Crippen molar-refractivity contribution in [1.82, 2.24) is 0 Å². The lowest BCUT2D eigenvalue weighted by Gasteiger charge is -2.10. The number of phenols is 1. The van der Waals surface area contributed by atoms with E-state index in [2.05, 4.69) is 26.0 Å². The third-order valence-corrected chi connectivity index (χ3v) is 6.85. The summed E-state index contributed by atoms with van der Waals surface area (Å²) in [6.07, 6.45) is 14.1. The van der Waals surface area contributed by atoms with Crippen LogP contribution in [0.5, 0.6) is 5.75 Å². The zero-order valence-corrected chi connectivity index (χ0v) is 19.0. The Hall–Kier alpha value is -0.280. The molecule has 1 aromatic rings. The molecule has 1 aromatic carbocycles. The highest BCUT2D eigenvalue weighted by molar-refractivity contribution is 7.98. The molecule has 1 N–H and O–H groups in total. The van der Waals surface area contributed by atoms with Gasteiger partial charge >= 0.3 is 0 Å². The Morgan fingerprint density at radius 1 is 0.769 bits per heavy atom. The molecule has 0 saturated carbocycles. The minimum absolute atomic E-state index is 0.495. The fourth-order valence-corrected chi connectivity index (χ4v) is 4.82. The Morgan fingerprint density at radius 2 is 1.38 bits per heavy atom. The number of aryl methyl sites for hydroxylation is 1. The standard InChI is InChI=1S/C23H40OS2/c1-4-6-7-8-9-10-11-12-13-14-15-26-18-21-16-20(3)23(24)22(17-21)19-25-5-2/h16-17,24H,4-15,18-19H2,1-3H3. The highest BCUT2D eigenvalue weighted by atomic mass is 32.2. The molecule has 26 heavy (non-hydrogen) atoms. The van der Waals surface area contributed by atoms with E-state index >= 15 is 0 Å². The van der Waals surface area contributed by atoms with Crippen LogP contribution in [0.3, 0.4) is 0 Å². The van der Waals surface area contributed by atoms with Gasteiger partial charge in [-0.1, -0.05) is 83.8 Å². The molecule has 0 aliphatic carbocycles. The molecule has 1 nitrogen and oxygen atoms in total. The van der Waals surface area contributed by atoms with E-state index in [-0.39, 0.29) is 0 Å². The van der Waals surface area contributed by atoms with Gasteiger partial charge in [0.15, 0.2) is 0 Å². The Balaban J connectivity index is 2.10. The van der Waals surface area contributed by atoms with Gasteiger partial charge in [0, 0.05) is 17.1 Å². The van der Waals surface area contributed by atoms with E-state index in [1.165, 1.54) is 75.5 Å². The highest BCUT2D eigenvalue weighted by Gasteiger charge is 2.07. The molecular weight excluding hydrogens is 356 g/mol. The first-order valence-electron chi connectivity index (χ1n) is 10.7. The van der Waals surface area contributed by atoms with Gasteiger partial charge in [-0.05, 0) is 36.0 Å². The first-order valence-corrected chi connectivity index (χ1v) is 13.0. The molecule has 0 fully saturated rings. The number of unbranched alkanes of at least 4 members (excludes halogenated alkanes) is 9. The van der Waals surface area contributed by atoms with E-state index in [9.17, 15) is 5.11 Å². The summed E-state index contributed by atoms with van der Waals surface area (Å²) in [6.45, 7) is 6.47. The van der Waals surface area contributed by atoms with E-state index in [1.54, 1.807) is 0 Å². The monoisotopic (exact) mass is 396 g/mol. The number of phenolic OH excluding ortho intramolecular Hbond substituents is 1. The van der Waals surface area contributed by atoms with Crippen LogP contribution in [0.1, 0.15) is 94.7 Å². The molecule has 0 aromatic heterocycles. The zero-order chi connectivity index (χ0) is 19.0. The van der Waals surface area contributed by atoms with Gasteiger partial charge in [0.1, 0.15) is 5.75 Å². The molecule has 0 unspecified atom stereocenters. The summed E-state index contributed by atoms with van der Waals surface area (Å²) in [5.74, 6) is 4.84. The molecule has 0 atom stereocenters. The molecule has 0 radical (unpaired) electrons. The quantitative estimate of drug-likeness (QED) is 0.285. The van der Waals surface area contributed by atoms with Gasteiger partial charge in [-0.25, -0.2) is 0 Å². The highest BCUT2D eigenvalue weighted by Crippen LogP contribution is 2.29. The third-order valence-electron chi connectivity index (χ3n) is 4.81. The molecule has 3 heteroatoms. The molecular formula is C23H40OS2. The maximum absolute atomic E-state index is 10.2. The molecule has 0 saturated heterocycles. The first-order chi connectivity index (χ1) is 12.7. The SMILES string of the molecule is CCCCCCCCCCCCSCc1cc(C)c(O)c(CSCC)c1. The molecule has 0 amide bonds. The molecule has 0 bridgehead atoms. The Labute approximate surface area is 171 Å². The molecule has 0 heterocycles. The fraction of sp³-hybridized carbons (Fsp3) is 0.739. The molecule has 150 valence electrons. The van der Waals surface area contributed by atoms with E-state index in [4.69, 9.17) is 0 Å². The lowest BCUT2D eigenvalue weighted by Crippen LogP contribution is -1.92. The van der Waals surface area contributed by atoms with Crippen molar-refractivity contribution in [3.63, 3.8) is 0 Å². The number of benzene rings is 1. The van der Waals surface area contributed by atoms with Gasteiger partial charge in [-0.15, -0.1) is 0 Å². The Bertz CT molecular complexity index is 474. The number of hydrogen-bond acceptors (Lipinski definition) is 3. The van der Waals surface area contributed by atoms with Crippen molar-refractivity contribution in [1.29, 1.82) is 0 Å². The summed E-state index contributed by atoms with van der Waals surface area (Å²) in [6, 6.07) is 4.36. The zero-order valence-electron chi connectivity index (χ0n) is 17.3. The van der Waals surface area contributed by atoms with Crippen LogP contribution in [-0.2, 0) is 11.5 Å². The number of thioether (sulfide) groups is 2. The van der Waals surface area contributed by atoms with Crippen LogP contribution in [0.2, 0.25) is 0 Å². The predicted octanol–water partition coefficient (Wildman–Crippen LogP) is 8.11. The summed E-state index contributed by atoms with van der Waals surface area (Å²) in [5, 5.41) is 10.2. The summed E-state index contributed by atoms with van der Waals surface area (Å²) < 4.78 is 0. The topological polar surface area (TPSA) is 20.2 Å². The van der Waals surface area contributed by atoms with Crippen LogP contribution in [0.4, 0.5) is 0 Å². The Kier molecular flexibility index (Phi) is 14.4. The summed E-state index contributed by atoms with van der Waals surface area (Å²) in [4.78, 5) is 0. The molecule has 0 aliphatic rings. The van der Waals surface area contributed by atoms with Crippen molar-refractivity contribution in [2.45, 2.75) is 96.5 Å². The predicted molar refractivity (Wildman–Crippen MR) is 123 cm³/mol. The van der Waals surface area contributed by atoms with Crippen molar-refractivity contribution in [3.8, 4) is 5.75 Å². The smallest absolute Gasteiger partial charge is 0.122 e. The normalized spacial score (nSPS) is 11.2. The van der Waals surface area contributed by atoms with Crippen LogP contribution in [0, 0.1) is 6.92 Å². The van der Waals surface area contributed by atoms with Crippen LogP contribution < -0.4 is 0 Å². The van der Waals surface area contributed by atoms with Gasteiger partial charge in [0.25, 0.3) is 0 Å². The van der Waals surface area contributed by atoms with Gasteiger partial charge < -0.3 is 5.11 Å². The van der Waals surface area contributed by atoms with Crippen molar-refractivity contribution in [3.05, 3.63) is 28.8 Å². The second-order valence-electron chi connectivity index (χ2n) is 7.29. The van der Waals surface area contributed by atoms with E-state index < -0.39 is 0 Å². The molecule has 0 aliphatic heterocycles. The van der Waals surface area contributed by atoms with Crippen molar-refractivity contribution in [2.24, 2.45) is 0 Å². The lowest BCUT2D eigenvalue weighted by molar-refractivity contribution is 0.466. The van der Waals surface area contributed by atoms with Crippen molar-refractivity contribution < 1.29 is 5.11 Å². The van der Waals surface area contributed by atoms with Crippen LogP contribution in [0.25, 0.3) is 0 Å². The van der Waals surface area contributed by atoms with E-state index in [0.29, 0.717) is 5.75 Å². The van der Waals surface area contributed by atoms with Gasteiger partial charge in [0.2, 0.25) is 0 Å². The van der Waals surface area contributed by atoms with Crippen LogP contribution in [-0.4, -0.2) is 16.6 Å². The van der Waals surface area contributed by atoms with Crippen molar-refractivity contribution >= 4 is 23.5 Å². The van der Waals surface area contributed by atoms with Gasteiger partial charge in [-0.3, -0.25) is 0 Å². The number of hydrogen-bond donors (Lipinski definition) is 1. The average molecular weight is 397 g/mol. The summed E-state index contributed by atoms with van der Waals surface area (Å²) in [5.41, 5.74) is 3.49. The molecule has 1 rings (SSSR count). The van der Waals surface area contributed by atoms with Crippen molar-refractivity contribution in [2.75, 3.05) is 11.5 Å². The van der Waals surface area contributed by atoms with Gasteiger partial charge in [-0.2, -0.15) is 23.5 Å². The van der Waals surface area contributed by atoms with Crippen LogP contribution in [0.15, 0.2) is 12.1 Å². The largest absolute Gasteiger partial charge is 0.507 e. The second kappa shape index (κ2) is 15.7. The minimum atomic E-state index is 0.495. The van der Waals surface area contributed by atoms with Gasteiger partial charge in [0.05, 0.1) is 0 Å². The third kappa shape index (κ3) is 10.8. The molecule has 0 spiro atoms. The van der Waals surface area contributed by atoms with E-state index in [0.717, 1.165) is 28.4 Å². The van der Waals surface area contributed by atoms with E-state index in [1.807, 2.05) is 30.4 Å². The second-order valence-corrected chi connectivity index (χ2v) is 9.67. The lowest BCUT2D eigenvalue weighted by atomic mass is 10.1. The first kappa shape index (κ1) is 23.8. The Morgan fingerprint density at radius 3 is 2.00 bits per heavy atom. The van der Waals surface area contributed by atoms with Crippen LogP contribution >= 0.6 is 23.5 Å². The number of aromatic hydroxyl groups is 1. The minimum Gasteiger partial charge on any atom is -0.507 e. The summed E-state index contributed by atoms with van der Waals surface area (Å²) >= 11 is 3.91. The fourth-order valence-electron chi connectivity index (χ4n) is 3.22. The average Bonchev–Trinajstić information content (AvgIpc) is 2.64. The maximum Gasteiger partial charge on any atom is 0.122 e. The number of rotatable bonds is 16. The maximum atomic E-state index is 10.2.